The van der Waals surface area contributed by atoms with E-state index >= 15 is 0 Å². The maximum atomic E-state index is 12.4. The number of nitrogens with one attached hydrogen (secondary N) is 1. The fraction of sp³-hybridized carbons (Fsp3) is 0.368. The fourth-order valence-electron chi connectivity index (χ4n) is 2.25. The Bertz CT molecular complexity index is 659. The molecule has 1 N–H and O–H groups in total. The summed E-state index contributed by atoms with van der Waals surface area (Å²) < 4.78 is 11.0. The molecular weight excluding hydrogens is 304 g/mol. The van der Waals surface area contributed by atoms with Crippen molar-refractivity contribution in [1.82, 2.24) is 10.3 Å². The minimum Gasteiger partial charge on any atom is -0.493 e. The molecule has 0 aliphatic heterocycles. The molecule has 0 aliphatic carbocycles. The van der Waals surface area contributed by atoms with Crippen LogP contribution in [0.2, 0.25) is 0 Å². The monoisotopic (exact) mass is 328 g/mol. The number of carbonyl (C=O) groups is 1. The smallest absolute Gasteiger partial charge is 0.251 e. The van der Waals surface area contributed by atoms with Gasteiger partial charge in [0.15, 0.2) is 11.5 Å². The first-order chi connectivity index (χ1) is 11.7. The summed E-state index contributed by atoms with van der Waals surface area (Å²) in [7, 11) is 1.57. The van der Waals surface area contributed by atoms with E-state index < -0.39 is 0 Å². The fourth-order valence-corrected chi connectivity index (χ4v) is 2.25. The van der Waals surface area contributed by atoms with Gasteiger partial charge in [0.2, 0.25) is 0 Å². The van der Waals surface area contributed by atoms with Crippen LogP contribution in [-0.4, -0.2) is 24.6 Å². The van der Waals surface area contributed by atoms with E-state index in [1.165, 1.54) is 0 Å². The van der Waals surface area contributed by atoms with Crippen LogP contribution < -0.4 is 14.8 Å². The number of nitrogens with zero attached hydrogens (tertiary/aromatic N) is 1. The van der Waals surface area contributed by atoms with E-state index in [0.717, 1.165) is 18.4 Å². The van der Waals surface area contributed by atoms with Crippen LogP contribution in [0.5, 0.6) is 11.5 Å². The van der Waals surface area contributed by atoms with Gasteiger partial charge < -0.3 is 14.8 Å². The molecule has 1 unspecified atom stereocenters. The van der Waals surface area contributed by atoms with Crippen LogP contribution in [0.15, 0.2) is 42.7 Å². The van der Waals surface area contributed by atoms with E-state index in [1.54, 1.807) is 37.7 Å². The van der Waals surface area contributed by atoms with Crippen molar-refractivity contribution in [3.05, 3.63) is 53.9 Å². The van der Waals surface area contributed by atoms with Crippen LogP contribution in [0.25, 0.3) is 0 Å². The molecule has 0 fully saturated rings. The van der Waals surface area contributed by atoms with Gasteiger partial charge >= 0.3 is 0 Å². The van der Waals surface area contributed by atoms with Crippen LogP contribution in [0.4, 0.5) is 0 Å². The van der Waals surface area contributed by atoms with E-state index in [2.05, 4.69) is 17.2 Å². The van der Waals surface area contributed by atoms with Crippen molar-refractivity contribution in [2.75, 3.05) is 13.7 Å². The highest BCUT2D eigenvalue weighted by Gasteiger charge is 2.14. The van der Waals surface area contributed by atoms with E-state index in [4.69, 9.17) is 9.47 Å². The number of methoxy groups -OCH3 is 1. The number of benzene rings is 1. The molecule has 0 spiro atoms. The molecule has 24 heavy (non-hydrogen) atoms. The Kier molecular flexibility index (Phi) is 6.61. The summed E-state index contributed by atoms with van der Waals surface area (Å²) in [5.74, 6) is 1.06. The summed E-state index contributed by atoms with van der Waals surface area (Å²) in [6, 6.07) is 8.88. The Morgan fingerprint density at radius 3 is 2.79 bits per heavy atom. The quantitative estimate of drug-likeness (QED) is 0.750. The molecule has 0 aliphatic rings. The summed E-state index contributed by atoms with van der Waals surface area (Å²) in [5, 5.41) is 2.96. The van der Waals surface area contributed by atoms with Gasteiger partial charge in [0.1, 0.15) is 0 Å². The van der Waals surface area contributed by atoms with Crippen molar-refractivity contribution < 1.29 is 14.3 Å². The SMILES string of the molecule is CCCCOc1ccc(C(=O)NC(C)c2cccnc2)cc1OC. The maximum absolute atomic E-state index is 12.4. The Labute approximate surface area is 143 Å². The highest BCUT2D eigenvalue weighted by Crippen LogP contribution is 2.28. The molecule has 5 nitrogen and oxygen atoms in total. The third-order valence-electron chi connectivity index (χ3n) is 3.71. The Morgan fingerprint density at radius 2 is 2.12 bits per heavy atom. The summed E-state index contributed by atoms with van der Waals surface area (Å²) in [6.07, 6.45) is 5.50. The van der Waals surface area contributed by atoms with Gasteiger partial charge in [-0.15, -0.1) is 0 Å². The number of pyridine rings is 1. The Morgan fingerprint density at radius 1 is 1.29 bits per heavy atom. The third kappa shape index (κ3) is 4.72. The molecule has 1 aromatic carbocycles. The number of hydrogen-bond donors (Lipinski definition) is 1. The molecule has 1 aromatic heterocycles. The first-order valence-corrected chi connectivity index (χ1v) is 8.17. The number of aromatic nitrogens is 1. The number of unbranched alkanes of at least 4 members (excludes halogenated alkanes) is 1. The van der Waals surface area contributed by atoms with E-state index in [-0.39, 0.29) is 11.9 Å². The van der Waals surface area contributed by atoms with Crippen LogP contribution in [0.1, 0.15) is 48.7 Å². The standard InChI is InChI=1S/C19H24N2O3/c1-4-5-11-24-17-9-8-15(12-18(17)23-3)19(22)21-14(2)16-7-6-10-20-13-16/h6-10,12-14H,4-5,11H2,1-3H3,(H,21,22). The van der Waals surface area contributed by atoms with Crippen LogP contribution >= 0.6 is 0 Å². The second kappa shape index (κ2) is 8.91. The van der Waals surface area contributed by atoms with Crippen molar-refractivity contribution in [2.24, 2.45) is 0 Å². The van der Waals surface area contributed by atoms with Crippen molar-refractivity contribution in [1.29, 1.82) is 0 Å². The van der Waals surface area contributed by atoms with Gasteiger partial charge in [-0.2, -0.15) is 0 Å². The van der Waals surface area contributed by atoms with Crippen molar-refractivity contribution in [2.45, 2.75) is 32.7 Å². The van der Waals surface area contributed by atoms with Crippen LogP contribution in [0, 0.1) is 0 Å². The molecule has 0 bridgehead atoms. The molecule has 5 heteroatoms. The zero-order valence-corrected chi connectivity index (χ0v) is 14.4. The summed E-state index contributed by atoms with van der Waals surface area (Å²) in [4.78, 5) is 16.5. The number of ether oxygens (including phenoxy) is 2. The molecule has 1 amide bonds. The molecule has 0 saturated heterocycles. The van der Waals surface area contributed by atoms with E-state index in [0.29, 0.717) is 23.7 Å². The van der Waals surface area contributed by atoms with Gasteiger partial charge in [-0.1, -0.05) is 19.4 Å². The summed E-state index contributed by atoms with van der Waals surface area (Å²) in [6.45, 7) is 4.67. The molecule has 1 heterocycles. The minimum atomic E-state index is -0.162. The Balaban J connectivity index is 2.06. The minimum absolute atomic E-state index is 0.127. The van der Waals surface area contributed by atoms with Gasteiger partial charge in [-0.3, -0.25) is 9.78 Å². The maximum Gasteiger partial charge on any atom is 0.251 e. The predicted molar refractivity (Wildman–Crippen MR) is 93.5 cm³/mol. The number of amides is 1. The van der Waals surface area contributed by atoms with Gasteiger partial charge in [-0.05, 0) is 43.2 Å². The molecule has 0 radical (unpaired) electrons. The van der Waals surface area contributed by atoms with Gasteiger partial charge in [0.05, 0.1) is 19.8 Å². The zero-order chi connectivity index (χ0) is 17.4. The first kappa shape index (κ1) is 17.8. The molecule has 0 saturated carbocycles. The number of rotatable bonds is 8. The molecular formula is C19H24N2O3. The number of carbonyl (C=O) groups excluding carboxylic acids is 1. The van der Waals surface area contributed by atoms with Crippen molar-refractivity contribution >= 4 is 5.91 Å². The zero-order valence-electron chi connectivity index (χ0n) is 14.4. The highest BCUT2D eigenvalue weighted by molar-refractivity contribution is 5.95. The lowest BCUT2D eigenvalue weighted by Gasteiger charge is -2.15. The lowest BCUT2D eigenvalue weighted by Crippen LogP contribution is -2.26. The normalized spacial score (nSPS) is 11.6. The van der Waals surface area contributed by atoms with Gasteiger partial charge in [0, 0.05) is 18.0 Å². The average Bonchev–Trinajstić information content (AvgIpc) is 2.62. The lowest BCUT2D eigenvalue weighted by atomic mass is 10.1. The van der Waals surface area contributed by atoms with Crippen molar-refractivity contribution in [3.63, 3.8) is 0 Å². The van der Waals surface area contributed by atoms with E-state index in [1.807, 2.05) is 19.1 Å². The summed E-state index contributed by atoms with van der Waals surface area (Å²) >= 11 is 0. The molecule has 2 rings (SSSR count). The molecule has 128 valence electrons. The lowest BCUT2D eigenvalue weighted by molar-refractivity contribution is 0.0939. The van der Waals surface area contributed by atoms with Crippen molar-refractivity contribution in [3.8, 4) is 11.5 Å². The Hall–Kier alpha value is -2.56. The summed E-state index contributed by atoms with van der Waals surface area (Å²) in [5.41, 5.74) is 1.49. The van der Waals surface area contributed by atoms with Crippen LogP contribution in [-0.2, 0) is 0 Å². The van der Waals surface area contributed by atoms with Gasteiger partial charge in [0.25, 0.3) is 5.91 Å². The highest BCUT2D eigenvalue weighted by atomic mass is 16.5. The second-order valence-corrected chi connectivity index (χ2v) is 5.55. The second-order valence-electron chi connectivity index (χ2n) is 5.55. The topological polar surface area (TPSA) is 60.5 Å². The van der Waals surface area contributed by atoms with Crippen LogP contribution in [0.3, 0.4) is 0 Å². The largest absolute Gasteiger partial charge is 0.493 e. The average molecular weight is 328 g/mol. The third-order valence-corrected chi connectivity index (χ3v) is 3.71. The predicted octanol–water partition coefficient (Wildman–Crippen LogP) is 3.76. The number of hydrogen-bond acceptors (Lipinski definition) is 4. The molecule has 2 aromatic rings. The van der Waals surface area contributed by atoms with E-state index in [9.17, 15) is 4.79 Å². The molecule has 1 atom stereocenters. The first-order valence-electron chi connectivity index (χ1n) is 8.17. The van der Waals surface area contributed by atoms with Gasteiger partial charge in [-0.25, -0.2) is 0 Å².